The zero-order chi connectivity index (χ0) is 21.3. The standard InChI is InChI=1S/C23H27N3O4/c24-23(29)21-12-16(13-26-21)19-8-4-10-22(28)20(19)9-5-11-25-14-17(27)15-30-18-6-2-1-3-7-18/h1-4,6-8,10,12-13,17,25-28H,5,9,11,14-15H2,(H2,24,29)/t17-/m0/s1. The number of aromatic amines is 1. The fourth-order valence-corrected chi connectivity index (χ4v) is 3.23. The third kappa shape index (κ3) is 5.85. The number of aliphatic hydroxyl groups excluding tert-OH is 1. The van der Waals surface area contributed by atoms with Crippen molar-refractivity contribution in [2.75, 3.05) is 19.7 Å². The summed E-state index contributed by atoms with van der Waals surface area (Å²) in [5.74, 6) is 0.417. The Balaban J connectivity index is 1.47. The minimum Gasteiger partial charge on any atom is -0.508 e. The molecule has 0 bridgehead atoms. The molecule has 0 spiro atoms. The minimum atomic E-state index is -0.613. The summed E-state index contributed by atoms with van der Waals surface area (Å²) >= 11 is 0. The van der Waals surface area contributed by atoms with E-state index in [1.165, 1.54) is 0 Å². The highest BCUT2D eigenvalue weighted by Gasteiger charge is 2.13. The molecule has 158 valence electrons. The molecule has 1 amide bonds. The summed E-state index contributed by atoms with van der Waals surface area (Å²) in [6.45, 7) is 1.31. The van der Waals surface area contributed by atoms with Gasteiger partial charge in [-0.05, 0) is 49.2 Å². The maximum atomic E-state index is 11.3. The van der Waals surface area contributed by atoms with Crippen molar-refractivity contribution in [3.63, 3.8) is 0 Å². The number of aromatic nitrogens is 1. The number of carbonyl (C=O) groups is 1. The number of carbonyl (C=O) groups excluding carboxylic acids is 1. The van der Waals surface area contributed by atoms with Gasteiger partial charge in [0.25, 0.3) is 5.91 Å². The van der Waals surface area contributed by atoms with Gasteiger partial charge in [0.2, 0.25) is 0 Å². The Morgan fingerprint density at radius 1 is 1.17 bits per heavy atom. The van der Waals surface area contributed by atoms with Crippen molar-refractivity contribution in [3.8, 4) is 22.6 Å². The lowest BCUT2D eigenvalue weighted by Crippen LogP contribution is -2.32. The molecule has 0 aliphatic heterocycles. The number of aliphatic hydroxyl groups is 1. The molecule has 0 aliphatic carbocycles. The second-order valence-electron chi connectivity index (χ2n) is 7.06. The summed E-state index contributed by atoms with van der Waals surface area (Å²) in [5, 5.41) is 23.6. The van der Waals surface area contributed by atoms with Gasteiger partial charge in [0.15, 0.2) is 0 Å². The van der Waals surface area contributed by atoms with Crippen molar-refractivity contribution in [2.24, 2.45) is 5.73 Å². The Kier molecular flexibility index (Phi) is 7.48. The number of rotatable bonds is 11. The van der Waals surface area contributed by atoms with Crippen LogP contribution in [0.2, 0.25) is 0 Å². The maximum Gasteiger partial charge on any atom is 0.265 e. The van der Waals surface area contributed by atoms with Crippen LogP contribution < -0.4 is 15.8 Å². The highest BCUT2D eigenvalue weighted by molar-refractivity contribution is 5.92. The van der Waals surface area contributed by atoms with E-state index < -0.39 is 12.0 Å². The van der Waals surface area contributed by atoms with Gasteiger partial charge in [-0.3, -0.25) is 4.79 Å². The molecule has 7 heteroatoms. The molecular weight excluding hydrogens is 382 g/mol. The number of hydrogen-bond donors (Lipinski definition) is 5. The van der Waals surface area contributed by atoms with Crippen LogP contribution in [0.25, 0.3) is 11.1 Å². The van der Waals surface area contributed by atoms with Crippen LogP contribution in [0.5, 0.6) is 11.5 Å². The van der Waals surface area contributed by atoms with Gasteiger partial charge in [-0.25, -0.2) is 0 Å². The second-order valence-corrected chi connectivity index (χ2v) is 7.06. The monoisotopic (exact) mass is 409 g/mol. The molecule has 30 heavy (non-hydrogen) atoms. The van der Waals surface area contributed by atoms with Crippen molar-refractivity contribution in [3.05, 3.63) is 72.1 Å². The van der Waals surface area contributed by atoms with E-state index >= 15 is 0 Å². The van der Waals surface area contributed by atoms with E-state index in [-0.39, 0.29) is 12.4 Å². The first-order valence-corrected chi connectivity index (χ1v) is 9.90. The lowest BCUT2D eigenvalue weighted by molar-refractivity contribution is 0.0996. The number of hydrogen-bond acceptors (Lipinski definition) is 5. The minimum absolute atomic E-state index is 0.214. The third-order valence-electron chi connectivity index (χ3n) is 4.76. The number of benzene rings is 2. The number of aromatic hydroxyl groups is 1. The molecule has 0 unspecified atom stereocenters. The van der Waals surface area contributed by atoms with Gasteiger partial charge in [-0.15, -0.1) is 0 Å². The first kappa shape index (κ1) is 21.4. The molecule has 0 radical (unpaired) electrons. The van der Waals surface area contributed by atoms with Crippen LogP contribution >= 0.6 is 0 Å². The molecule has 3 rings (SSSR count). The van der Waals surface area contributed by atoms with Crippen molar-refractivity contribution in [1.82, 2.24) is 10.3 Å². The van der Waals surface area contributed by atoms with E-state index in [1.54, 1.807) is 24.4 Å². The van der Waals surface area contributed by atoms with Crippen LogP contribution in [0, 0.1) is 0 Å². The van der Waals surface area contributed by atoms with Gasteiger partial charge in [-0.2, -0.15) is 0 Å². The highest BCUT2D eigenvalue weighted by Crippen LogP contribution is 2.31. The number of ether oxygens (including phenoxy) is 1. The summed E-state index contributed by atoms with van der Waals surface area (Å²) in [5.41, 5.74) is 8.10. The lowest BCUT2D eigenvalue weighted by atomic mass is 9.97. The van der Waals surface area contributed by atoms with Gasteiger partial charge in [0.1, 0.15) is 29.9 Å². The Bertz CT molecular complexity index is 956. The quantitative estimate of drug-likeness (QED) is 0.312. The zero-order valence-corrected chi connectivity index (χ0v) is 16.7. The predicted molar refractivity (Wildman–Crippen MR) is 116 cm³/mol. The number of H-pyrrole nitrogens is 1. The molecule has 3 aromatic rings. The molecule has 0 fully saturated rings. The predicted octanol–water partition coefficient (Wildman–Crippen LogP) is 2.45. The van der Waals surface area contributed by atoms with Crippen LogP contribution in [0.1, 0.15) is 22.5 Å². The van der Waals surface area contributed by atoms with Crippen LogP contribution in [0.4, 0.5) is 0 Å². The SMILES string of the molecule is NC(=O)c1cc(-c2cccc(O)c2CCCNC[C@H](O)COc2ccccc2)c[nH]1. The van der Waals surface area contributed by atoms with Gasteiger partial charge >= 0.3 is 0 Å². The van der Waals surface area contributed by atoms with Gasteiger partial charge in [0.05, 0.1) is 0 Å². The molecule has 0 saturated heterocycles. The number of primary amides is 1. The summed E-state index contributed by atoms with van der Waals surface area (Å²) in [6.07, 6.45) is 2.50. The molecule has 6 N–H and O–H groups in total. The summed E-state index contributed by atoms with van der Waals surface area (Å²) in [4.78, 5) is 14.2. The van der Waals surface area contributed by atoms with E-state index in [9.17, 15) is 15.0 Å². The number of nitrogens with two attached hydrogens (primary N) is 1. The van der Waals surface area contributed by atoms with Crippen LogP contribution in [-0.2, 0) is 6.42 Å². The van der Waals surface area contributed by atoms with E-state index in [1.807, 2.05) is 36.4 Å². The van der Waals surface area contributed by atoms with E-state index in [2.05, 4.69) is 10.3 Å². The summed E-state index contributed by atoms with van der Waals surface area (Å²) < 4.78 is 5.53. The molecule has 0 aliphatic rings. The first-order valence-electron chi connectivity index (χ1n) is 9.90. The van der Waals surface area contributed by atoms with E-state index in [4.69, 9.17) is 10.5 Å². The normalized spacial score (nSPS) is 11.9. The number of phenolic OH excluding ortho intramolecular Hbond substituents is 1. The van der Waals surface area contributed by atoms with Crippen LogP contribution in [0.3, 0.4) is 0 Å². The number of phenols is 1. The van der Waals surface area contributed by atoms with E-state index in [0.29, 0.717) is 25.2 Å². The smallest absolute Gasteiger partial charge is 0.265 e. The van der Waals surface area contributed by atoms with Crippen molar-refractivity contribution in [2.45, 2.75) is 18.9 Å². The van der Waals surface area contributed by atoms with E-state index in [0.717, 1.165) is 28.9 Å². The van der Waals surface area contributed by atoms with Crippen molar-refractivity contribution < 1.29 is 19.7 Å². The Labute approximate surface area is 175 Å². The zero-order valence-electron chi connectivity index (χ0n) is 16.7. The van der Waals surface area contributed by atoms with Gasteiger partial charge in [-0.1, -0.05) is 30.3 Å². The maximum absolute atomic E-state index is 11.3. The fourth-order valence-electron chi connectivity index (χ4n) is 3.23. The van der Waals surface area contributed by atoms with Crippen LogP contribution in [-0.4, -0.2) is 46.9 Å². The third-order valence-corrected chi connectivity index (χ3v) is 4.76. The Morgan fingerprint density at radius 3 is 2.70 bits per heavy atom. The number of nitrogens with one attached hydrogen (secondary N) is 2. The molecule has 1 heterocycles. The summed E-state index contributed by atoms with van der Waals surface area (Å²) in [6, 6.07) is 16.4. The first-order chi connectivity index (χ1) is 14.5. The highest BCUT2D eigenvalue weighted by atomic mass is 16.5. The topological polar surface area (TPSA) is 121 Å². The largest absolute Gasteiger partial charge is 0.508 e. The summed E-state index contributed by atoms with van der Waals surface area (Å²) in [7, 11) is 0. The number of para-hydroxylation sites is 1. The van der Waals surface area contributed by atoms with Crippen molar-refractivity contribution >= 4 is 5.91 Å². The molecule has 1 atom stereocenters. The molecule has 1 aromatic heterocycles. The number of amides is 1. The Hall–Kier alpha value is -3.29. The van der Waals surface area contributed by atoms with Gasteiger partial charge < -0.3 is 31.0 Å². The molecule has 7 nitrogen and oxygen atoms in total. The van der Waals surface area contributed by atoms with Gasteiger partial charge in [0, 0.05) is 23.9 Å². The molecule has 0 saturated carbocycles. The Morgan fingerprint density at radius 2 is 1.97 bits per heavy atom. The average molecular weight is 409 g/mol. The molecule has 2 aromatic carbocycles. The van der Waals surface area contributed by atoms with Crippen molar-refractivity contribution in [1.29, 1.82) is 0 Å². The van der Waals surface area contributed by atoms with Crippen LogP contribution in [0.15, 0.2) is 60.8 Å². The fraction of sp³-hybridized carbons (Fsp3) is 0.261. The lowest BCUT2D eigenvalue weighted by Gasteiger charge is -2.14. The molecular formula is C23H27N3O4. The second kappa shape index (κ2) is 10.5. The average Bonchev–Trinajstić information content (AvgIpc) is 3.24.